The summed E-state index contributed by atoms with van der Waals surface area (Å²) in [5, 5.41) is 27.4. The maximum Gasteiger partial charge on any atom is 0.301 e. The van der Waals surface area contributed by atoms with Gasteiger partial charge in [0.2, 0.25) is 0 Å². The number of halogens is 2. The number of nitrogens with one attached hydrogen (secondary N) is 1. The van der Waals surface area contributed by atoms with Crippen LogP contribution in [0, 0.1) is 20.2 Å². The Morgan fingerprint density at radius 2 is 1.68 bits per heavy atom. The zero-order valence-corrected chi connectivity index (χ0v) is 18.5. The SMILES string of the molecule is O=C(c1ccc(Cl)cc1)n1c(Cl)c(C=NNc2ccc([N+](=O)[O-])cc2[N+](=O)[O-])c2ccccc21. The van der Waals surface area contributed by atoms with Crippen molar-refractivity contribution in [2.75, 3.05) is 5.43 Å². The highest BCUT2D eigenvalue weighted by atomic mass is 35.5. The van der Waals surface area contributed by atoms with Gasteiger partial charge in [0.05, 0.1) is 27.6 Å². The molecule has 0 atom stereocenters. The number of nitrogens with zero attached hydrogens (tertiary/aromatic N) is 4. The first kappa shape index (κ1) is 22.9. The molecular formula is C22H13Cl2N5O5. The molecule has 0 amide bonds. The molecule has 4 aromatic rings. The second-order valence-electron chi connectivity index (χ2n) is 6.95. The molecule has 170 valence electrons. The molecule has 10 nitrogen and oxygen atoms in total. The van der Waals surface area contributed by atoms with Gasteiger partial charge in [-0.25, -0.2) is 0 Å². The standard InChI is InChI=1S/C22H13Cl2N5O5/c23-14-7-5-13(6-8-14)22(30)27-19-4-2-1-3-16(19)17(21(27)24)12-25-26-18-10-9-15(28(31)32)11-20(18)29(33)34/h1-12,26H. The largest absolute Gasteiger partial charge is 0.301 e. The highest BCUT2D eigenvalue weighted by Crippen LogP contribution is 2.31. The normalized spacial score (nSPS) is 11.1. The van der Waals surface area contributed by atoms with Crippen LogP contribution in [0.4, 0.5) is 17.1 Å². The van der Waals surface area contributed by atoms with Crippen LogP contribution in [0.15, 0.2) is 71.8 Å². The van der Waals surface area contributed by atoms with Crippen molar-refractivity contribution in [2.45, 2.75) is 0 Å². The lowest BCUT2D eigenvalue weighted by atomic mass is 10.2. The molecule has 0 aliphatic rings. The van der Waals surface area contributed by atoms with Crippen molar-refractivity contribution >= 4 is 63.3 Å². The minimum absolute atomic E-state index is 0.0519. The number of carbonyl (C=O) groups is 1. The zero-order chi connectivity index (χ0) is 24.4. The van der Waals surface area contributed by atoms with E-state index in [0.29, 0.717) is 27.1 Å². The summed E-state index contributed by atoms with van der Waals surface area (Å²) in [6.07, 6.45) is 1.32. The number of aromatic nitrogens is 1. The van der Waals surface area contributed by atoms with Crippen LogP contribution in [-0.2, 0) is 0 Å². The van der Waals surface area contributed by atoms with Crippen LogP contribution in [0.3, 0.4) is 0 Å². The third-order valence-electron chi connectivity index (χ3n) is 4.92. The van der Waals surface area contributed by atoms with Gasteiger partial charge in [0, 0.05) is 27.6 Å². The van der Waals surface area contributed by atoms with E-state index in [4.69, 9.17) is 23.2 Å². The van der Waals surface area contributed by atoms with Crippen molar-refractivity contribution in [3.63, 3.8) is 0 Å². The molecule has 0 bridgehead atoms. The van der Waals surface area contributed by atoms with Gasteiger partial charge in [-0.1, -0.05) is 41.4 Å². The summed E-state index contributed by atoms with van der Waals surface area (Å²) in [6.45, 7) is 0. The molecule has 12 heteroatoms. The number of non-ortho nitro benzene ring substituents is 1. The highest BCUT2D eigenvalue weighted by Gasteiger charge is 2.21. The van der Waals surface area contributed by atoms with Gasteiger partial charge in [-0.15, -0.1) is 0 Å². The Balaban J connectivity index is 1.72. The number of benzene rings is 3. The average molecular weight is 498 g/mol. The van der Waals surface area contributed by atoms with Gasteiger partial charge >= 0.3 is 5.69 Å². The first-order chi connectivity index (χ1) is 16.3. The van der Waals surface area contributed by atoms with Crippen molar-refractivity contribution in [2.24, 2.45) is 5.10 Å². The van der Waals surface area contributed by atoms with Crippen molar-refractivity contribution in [3.8, 4) is 0 Å². The Morgan fingerprint density at radius 1 is 0.971 bits per heavy atom. The molecule has 1 N–H and O–H groups in total. The van der Waals surface area contributed by atoms with Gasteiger partial charge in [-0.2, -0.15) is 5.10 Å². The fourth-order valence-electron chi connectivity index (χ4n) is 3.32. The predicted molar refractivity (Wildman–Crippen MR) is 129 cm³/mol. The number of hydrogen-bond donors (Lipinski definition) is 1. The Hall–Kier alpha value is -4.28. The summed E-state index contributed by atoms with van der Waals surface area (Å²) >= 11 is 12.5. The van der Waals surface area contributed by atoms with Crippen molar-refractivity contribution in [3.05, 3.63) is 108 Å². The number of anilines is 1. The number of para-hydroxylation sites is 1. The predicted octanol–water partition coefficient (Wildman–Crippen LogP) is 5.90. The minimum atomic E-state index is -0.755. The molecule has 0 saturated carbocycles. The summed E-state index contributed by atoms with van der Waals surface area (Å²) in [5.41, 5.74) is 2.83. The number of rotatable bonds is 6. The molecule has 4 rings (SSSR count). The maximum atomic E-state index is 13.2. The molecular weight excluding hydrogens is 485 g/mol. The Morgan fingerprint density at radius 3 is 2.35 bits per heavy atom. The van der Waals surface area contributed by atoms with Crippen molar-refractivity contribution < 1.29 is 14.6 Å². The molecule has 0 aliphatic carbocycles. The number of hydrogen-bond acceptors (Lipinski definition) is 7. The maximum absolute atomic E-state index is 13.2. The van der Waals surface area contributed by atoms with E-state index in [1.165, 1.54) is 16.8 Å². The quantitative estimate of drug-likeness (QED) is 0.200. The highest BCUT2D eigenvalue weighted by molar-refractivity contribution is 6.36. The summed E-state index contributed by atoms with van der Waals surface area (Å²) in [6, 6.07) is 16.5. The van der Waals surface area contributed by atoms with E-state index in [0.717, 1.165) is 12.1 Å². The lowest BCUT2D eigenvalue weighted by Gasteiger charge is -2.06. The first-order valence-electron chi connectivity index (χ1n) is 9.59. The topological polar surface area (TPSA) is 133 Å². The van der Waals surface area contributed by atoms with Gasteiger partial charge in [0.15, 0.2) is 0 Å². The molecule has 0 spiro atoms. The van der Waals surface area contributed by atoms with Gasteiger partial charge in [-0.3, -0.25) is 35.0 Å². The van der Waals surface area contributed by atoms with Crippen LogP contribution in [0.1, 0.15) is 15.9 Å². The van der Waals surface area contributed by atoms with Gasteiger partial charge in [0.25, 0.3) is 11.6 Å². The summed E-state index contributed by atoms with van der Waals surface area (Å²) in [7, 11) is 0. The summed E-state index contributed by atoms with van der Waals surface area (Å²) in [5.74, 6) is -0.378. The number of hydrazone groups is 1. The molecule has 0 radical (unpaired) electrons. The van der Waals surface area contributed by atoms with E-state index >= 15 is 0 Å². The lowest BCUT2D eigenvalue weighted by Crippen LogP contribution is -2.12. The minimum Gasteiger partial charge on any atom is -0.272 e. The Kier molecular flexibility index (Phi) is 6.26. The third-order valence-corrected chi connectivity index (χ3v) is 5.54. The fourth-order valence-corrected chi connectivity index (χ4v) is 3.77. The zero-order valence-electron chi connectivity index (χ0n) is 17.0. The molecule has 1 aromatic heterocycles. The smallest absolute Gasteiger partial charge is 0.272 e. The van der Waals surface area contributed by atoms with E-state index in [2.05, 4.69) is 10.5 Å². The van der Waals surface area contributed by atoms with Crippen molar-refractivity contribution in [1.29, 1.82) is 0 Å². The van der Waals surface area contributed by atoms with Crippen LogP contribution >= 0.6 is 23.2 Å². The Labute approximate surface area is 201 Å². The molecule has 0 fully saturated rings. The number of carbonyl (C=O) groups excluding carboxylic acids is 1. The molecule has 3 aromatic carbocycles. The molecule has 1 heterocycles. The van der Waals surface area contributed by atoms with Gasteiger partial charge in [-0.05, 0) is 36.4 Å². The fraction of sp³-hybridized carbons (Fsp3) is 0. The van der Waals surface area contributed by atoms with Crippen LogP contribution in [0.25, 0.3) is 10.9 Å². The third kappa shape index (κ3) is 4.32. The molecule has 0 unspecified atom stereocenters. The summed E-state index contributed by atoms with van der Waals surface area (Å²) in [4.78, 5) is 33.9. The van der Waals surface area contributed by atoms with E-state index in [-0.39, 0.29) is 16.7 Å². The van der Waals surface area contributed by atoms with Crippen LogP contribution in [0.5, 0.6) is 0 Å². The van der Waals surface area contributed by atoms with Gasteiger partial charge < -0.3 is 0 Å². The molecule has 0 aliphatic heterocycles. The van der Waals surface area contributed by atoms with Crippen LogP contribution in [-0.4, -0.2) is 26.5 Å². The average Bonchev–Trinajstić information content (AvgIpc) is 3.10. The summed E-state index contributed by atoms with van der Waals surface area (Å²) < 4.78 is 1.33. The lowest BCUT2D eigenvalue weighted by molar-refractivity contribution is -0.393. The Bertz CT molecular complexity index is 1480. The van der Waals surface area contributed by atoms with E-state index in [1.807, 2.05) is 0 Å². The first-order valence-corrected chi connectivity index (χ1v) is 10.3. The number of nitro groups is 2. The van der Waals surface area contributed by atoms with E-state index in [9.17, 15) is 25.0 Å². The van der Waals surface area contributed by atoms with Crippen molar-refractivity contribution in [1.82, 2.24) is 4.57 Å². The molecule has 0 saturated heterocycles. The second kappa shape index (κ2) is 9.30. The van der Waals surface area contributed by atoms with Crippen LogP contribution in [0.2, 0.25) is 10.2 Å². The van der Waals surface area contributed by atoms with E-state index < -0.39 is 21.2 Å². The number of nitro benzene ring substituents is 2. The second-order valence-corrected chi connectivity index (χ2v) is 7.75. The van der Waals surface area contributed by atoms with Gasteiger partial charge in [0.1, 0.15) is 10.8 Å². The van der Waals surface area contributed by atoms with Crippen LogP contribution < -0.4 is 5.43 Å². The van der Waals surface area contributed by atoms with E-state index in [1.54, 1.807) is 48.5 Å². The monoisotopic (exact) mass is 497 g/mol. The number of fused-ring (bicyclic) bond motifs is 1. The molecule has 34 heavy (non-hydrogen) atoms.